The summed E-state index contributed by atoms with van der Waals surface area (Å²) in [4.78, 5) is 14.7. The minimum atomic E-state index is -0.444. The molecule has 0 unspecified atom stereocenters. The van der Waals surface area contributed by atoms with E-state index >= 15 is 0 Å². The second kappa shape index (κ2) is 6.67. The normalized spacial score (nSPS) is 20.6. The number of aliphatic hydroxyl groups excluding tert-OH is 1. The van der Waals surface area contributed by atoms with Gasteiger partial charge in [0.15, 0.2) is 0 Å². The van der Waals surface area contributed by atoms with Crippen LogP contribution in [0.1, 0.15) is 53.4 Å². The van der Waals surface area contributed by atoms with Gasteiger partial charge < -0.3 is 10.0 Å². The number of hydrogen-bond donors (Lipinski definition) is 1. The van der Waals surface area contributed by atoms with E-state index in [1.165, 1.54) is 0 Å². The molecule has 1 aliphatic rings. The molecule has 0 amide bonds. The maximum Gasteiger partial charge on any atom is 0.141 e. The van der Waals surface area contributed by atoms with E-state index in [9.17, 15) is 9.90 Å². The maximum atomic E-state index is 12.4. The largest absolute Gasteiger partial charge is 0.395 e. The van der Waals surface area contributed by atoms with E-state index in [2.05, 4.69) is 32.6 Å². The Bertz CT molecular complexity index is 266. The maximum absolute atomic E-state index is 12.4. The average Bonchev–Trinajstić information content (AvgIpc) is 2.35. The summed E-state index contributed by atoms with van der Waals surface area (Å²) >= 11 is 0. The zero-order valence-corrected chi connectivity index (χ0v) is 12.4. The molecule has 0 saturated carbocycles. The fourth-order valence-electron chi connectivity index (χ4n) is 2.68. The Balaban J connectivity index is 2.57. The lowest BCUT2D eigenvalue weighted by Gasteiger charge is -2.41. The van der Waals surface area contributed by atoms with Gasteiger partial charge in [-0.15, -0.1) is 0 Å². The van der Waals surface area contributed by atoms with Crippen molar-refractivity contribution in [1.82, 2.24) is 4.90 Å². The molecule has 0 bridgehead atoms. The molecule has 1 heterocycles. The third kappa shape index (κ3) is 3.79. The fourth-order valence-corrected chi connectivity index (χ4v) is 2.68. The predicted molar refractivity (Wildman–Crippen MR) is 74.5 cm³/mol. The molecule has 0 aromatic carbocycles. The summed E-state index contributed by atoms with van der Waals surface area (Å²) in [5.41, 5.74) is -0.444. The molecule has 1 saturated heterocycles. The van der Waals surface area contributed by atoms with Crippen LogP contribution < -0.4 is 0 Å². The van der Waals surface area contributed by atoms with Crippen molar-refractivity contribution in [3.63, 3.8) is 0 Å². The average molecular weight is 255 g/mol. The van der Waals surface area contributed by atoms with Crippen molar-refractivity contribution in [2.45, 2.75) is 59.4 Å². The molecule has 0 aromatic heterocycles. The Kier molecular flexibility index (Phi) is 5.80. The summed E-state index contributed by atoms with van der Waals surface area (Å²) in [6, 6.07) is 0.535. The summed E-state index contributed by atoms with van der Waals surface area (Å²) in [5, 5.41) is 9.66. The molecule has 0 aliphatic carbocycles. The Hall–Kier alpha value is -0.410. The van der Waals surface area contributed by atoms with E-state index in [-0.39, 0.29) is 12.4 Å². The molecule has 1 fully saturated rings. The van der Waals surface area contributed by atoms with Crippen molar-refractivity contribution >= 4 is 5.78 Å². The van der Waals surface area contributed by atoms with Crippen molar-refractivity contribution in [2.75, 3.05) is 19.7 Å². The second-order valence-corrected chi connectivity index (χ2v) is 6.42. The first-order valence-corrected chi connectivity index (χ1v) is 7.29. The monoisotopic (exact) mass is 255 g/mol. The highest BCUT2D eigenvalue weighted by molar-refractivity contribution is 5.85. The minimum Gasteiger partial charge on any atom is -0.395 e. The fraction of sp³-hybridized carbons (Fsp3) is 0.933. The van der Waals surface area contributed by atoms with Gasteiger partial charge in [-0.3, -0.25) is 4.79 Å². The molecule has 0 radical (unpaired) electrons. The van der Waals surface area contributed by atoms with Crippen LogP contribution in [0.15, 0.2) is 0 Å². The number of rotatable bonds is 6. The molecule has 1 aliphatic heterocycles. The zero-order valence-electron chi connectivity index (χ0n) is 12.4. The van der Waals surface area contributed by atoms with Crippen molar-refractivity contribution in [1.29, 1.82) is 0 Å². The third-order valence-corrected chi connectivity index (χ3v) is 4.33. The van der Waals surface area contributed by atoms with Gasteiger partial charge in [-0.25, -0.2) is 0 Å². The van der Waals surface area contributed by atoms with Gasteiger partial charge in [0.1, 0.15) is 5.78 Å². The van der Waals surface area contributed by atoms with Gasteiger partial charge in [0.2, 0.25) is 0 Å². The van der Waals surface area contributed by atoms with Gasteiger partial charge in [-0.1, -0.05) is 13.8 Å². The lowest BCUT2D eigenvalue weighted by molar-refractivity contribution is -0.135. The van der Waals surface area contributed by atoms with Crippen LogP contribution >= 0.6 is 0 Å². The van der Waals surface area contributed by atoms with E-state index in [1.54, 1.807) is 0 Å². The topological polar surface area (TPSA) is 40.5 Å². The Morgan fingerprint density at radius 2 is 1.78 bits per heavy atom. The van der Waals surface area contributed by atoms with Crippen LogP contribution in [0.2, 0.25) is 0 Å². The van der Waals surface area contributed by atoms with Crippen molar-refractivity contribution < 1.29 is 9.90 Å². The second-order valence-electron chi connectivity index (χ2n) is 6.42. The number of carbonyl (C=O) groups is 1. The van der Waals surface area contributed by atoms with Crippen LogP contribution in [0.4, 0.5) is 0 Å². The van der Waals surface area contributed by atoms with E-state index in [1.807, 2.05) is 0 Å². The van der Waals surface area contributed by atoms with E-state index in [0.29, 0.717) is 18.4 Å². The number of likely N-dealkylation sites (tertiary alicyclic amines) is 1. The molecule has 18 heavy (non-hydrogen) atoms. The lowest BCUT2D eigenvalue weighted by atomic mass is 9.73. The molecular formula is C15H29NO2. The van der Waals surface area contributed by atoms with E-state index in [0.717, 1.165) is 32.4 Å². The molecule has 1 N–H and O–H groups in total. The van der Waals surface area contributed by atoms with Gasteiger partial charge >= 0.3 is 0 Å². The van der Waals surface area contributed by atoms with Gasteiger partial charge in [-0.05, 0) is 52.1 Å². The smallest absolute Gasteiger partial charge is 0.141 e. The predicted octanol–water partition coefficient (Wildman–Crippen LogP) is 2.47. The number of aliphatic hydroxyl groups is 1. The summed E-state index contributed by atoms with van der Waals surface area (Å²) < 4.78 is 0. The van der Waals surface area contributed by atoms with Gasteiger partial charge in [0.05, 0.1) is 12.0 Å². The number of hydrogen-bond acceptors (Lipinski definition) is 3. The highest BCUT2D eigenvalue weighted by Crippen LogP contribution is 2.34. The minimum absolute atomic E-state index is 0.0237. The molecule has 0 spiro atoms. The first-order valence-electron chi connectivity index (χ1n) is 7.29. The third-order valence-electron chi connectivity index (χ3n) is 4.33. The zero-order chi connectivity index (χ0) is 13.8. The molecule has 1 rings (SSSR count). The van der Waals surface area contributed by atoms with Crippen LogP contribution in [0, 0.1) is 11.3 Å². The van der Waals surface area contributed by atoms with Crippen molar-refractivity contribution in [2.24, 2.45) is 11.3 Å². The summed E-state index contributed by atoms with van der Waals surface area (Å²) in [6.45, 7) is 10.5. The van der Waals surface area contributed by atoms with Crippen LogP contribution in [-0.2, 0) is 4.79 Å². The molecule has 3 nitrogen and oxygen atoms in total. The molecular weight excluding hydrogens is 226 g/mol. The molecule has 0 atom stereocenters. The Morgan fingerprint density at radius 3 is 2.17 bits per heavy atom. The SMILES string of the molecule is CC(C)CCC(=O)C1(CO)CCN(C(C)C)CC1. The van der Waals surface area contributed by atoms with Gasteiger partial charge in [0.25, 0.3) is 0 Å². The number of piperidine rings is 1. The molecule has 3 heteroatoms. The standard InChI is InChI=1S/C15H29NO2/c1-12(2)5-6-14(18)15(11-17)7-9-16(10-8-15)13(3)4/h12-13,17H,5-11H2,1-4H3. The van der Waals surface area contributed by atoms with Gasteiger partial charge in [0, 0.05) is 12.5 Å². The Morgan fingerprint density at radius 1 is 1.22 bits per heavy atom. The van der Waals surface area contributed by atoms with Gasteiger partial charge in [-0.2, -0.15) is 0 Å². The number of nitrogens with zero attached hydrogens (tertiary/aromatic N) is 1. The van der Waals surface area contributed by atoms with Crippen LogP contribution in [0.25, 0.3) is 0 Å². The van der Waals surface area contributed by atoms with E-state index < -0.39 is 5.41 Å². The first-order chi connectivity index (χ1) is 8.41. The van der Waals surface area contributed by atoms with Crippen molar-refractivity contribution in [3.05, 3.63) is 0 Å². The molecule has 106 valence electrons. The molecule has 0 aromatic rings. The summed E-state index contributed by atoms with van der Waals surface area (Å²) in [7, 11) is 0. The summed E-state index contributed by atoms with van der Waals surface area (Å²) in [6.07, 6.45) is 3.20. The van der Waals surface area contributed by atoms with Crippen LogP contribution in [-0.4, -0.2) is 41.5 Å². The number of carbonyl (C=O) groups excluding carboxylic acids is 1. The van der Waals surface area contributed by atoms with Crippen LogP contribution in [0.3, 0.4) is 0 Å². The van der Waals surface area contributed by atoms with E-state index in [4.69, 9.17) is 0 Å². The first kappa shape index (κ1) is 15.6. The highest BCUT2D eigenvalue weighted by atomic mass is 16.3. The summed E-state index contributed by atoms with van der Waals surface area (Å²) in [5.74, 6) is 0.836. The Labute approximate surface area is 112 Å². The van der Waals surface area contributed by atoms with Crippen molar-refractivity contribution in [3.8, 4) is 0 Å². The number of ketones is 1. The lowest BCUT2D eigenvalue weighted by Crippen LogP contribution is -2.48. The number of Topliss-reactive ketones (excluding diaryl/α,β-unsaturated/α-hetero) is 1. The van der Waals surface area contributed by atoms with Crippen LogP contribution in [0.5, 0.6) is 0 Å². The quantitative estimate of drug-likeness (QED) is 0.792. The highest BCUT2D eigenvalue weighted by Gasteiger charge is 2.40.